The van der Waals surface area contributed by atoms with Gasteiger partial charge >= 0.3 is 45.2 Å². The first-order valence-electron chi connectivity index (χ1n) is 3.74. The van der Waals surface area contributed by atoms with Crippen LogP contribution in [0.4, 0.5) is 17.8 Å². The fraction of sp³-hybridized carbons (Fsp3) is 0. The van der Waals surface area contributed by atoms with Crippen molar-refractivity contribution in [3.8, 4) is 0 Å². The summed E-state index contributed by atoms with van der Waals surface area (Å²) in [4.78, 5) is 41.5. The maximum atomic E-state index is 9.63. The Balaban J connectivity index is -0.000000263. The molecule has 0 saturated carbocycles. The van der Waals surface area contributed by atoms with Crippen molar-refractivity contribution in [1.82, 2.24) is 15.0 Å². The maximum absolute atomic E-state index is 9.63. The van der Waals surface area contributed by atoms with Crippen molar-refractivity contribution in [2.45, 2.75) is 0 Å². The van der Waals surface area contributed by atoms with Crippen LogP contribution in [0.1, 0.15) is 1.43 Å². The Bertz CT molecular complexity index is 437. The van der Waals surface area contributed by atoms with Gasteiger partial charge in [0.1, 0.15) is 0 Å². The number of phosphoric acid groups is 2. The summed E-state index contributed by atoms with van der Waals surface area (Å²) in [6.45, 7) is 0. The monoisotopic (exact) mass is 328 g/mol. The zero-order chi connectivity index (χ0) is 14.6. The van der Waals surface area contributed by atoms with Gasteiger partial charge in [0.25, 0.3) is 0 Å². The Kier molecular flexibility index (Phi) is 8.91. The molecule has 10 N–H and O–H groups in total. The van der Waals surface area contributed by atoms with Crippen LogP contribution in [0, 0.1) is 0 Å². The molecule has 0 unspecified atom stereocenters. The van der Waals surface area contributed by atoms with Crippen LogP contribution in [-0.2, 0) is 13.4 Å². The molecule has 0 saturated heterocycles. The molecule has 0 bridgehead atoms. The standard InChI is InChI=1S/C3H6N6.Na.H4O7P2.H/c4-1-7-2(5)9-3(6)8-1;;1-8(2,3)7-9(4,5)6;/h(H6,4,5,6,7,8,9);;(H2,1,2,3)(H2,4,5,6);/q;+1;;-1. The topological polar surface area (TPSA) is 241 Å². The number of nitrogens with zero attached hydrogens (tertiary/aromatic N) is 3. The molecule has 0 amide bonds. The SMILES string of the molecule is Nc1nc(N)nc(N)n1.O=P(O)(O)OP(=O)(O)O.[H-].[Na+]. The molecule has 1 aromatic heterocycles. The van der Waals surface area contributed by atoms with Crippen molar-refractivity contribution in [3.63, 3.8) is 0 Å². The zero-order valence-corrected chi connectivity index (χ0v) is 13.3. The summed E-state index contributed by atoms with van der Waals surface area (Å²) in [5.41, 5.74) is 15.4. The van der Waals surface area contributed by atoms with E-state index in [9.17, 15) is 9.13 Å². The third-order valence-corrected chi connectivity index (χ3v) is 2.60. The molecule has 0 fully saturated rings. The van der Waals surface area contributed by atoms with Gasteiger partial charge in [0, 0.05) is 0 Å². The number of hydrogen-bond donors (Lipinski definition) is 7. The molecule has 1 rings (SSSR count). The molecule has 0 aliphatic rings. The second-order valence-corrected chi connectivity index (χ2v) is 5.09. The van der Waals surface area contributed by atoms with Crippen LogP contribution < -0.4 is 46.8 Å². The smallest absolute Gasteiger partial charge is 1.00 e. The summed E-state index contributed by atoms with van der Waals surface area (Å²) in [6, 6.07) is 0. The Morgan fingerprint density at radius 1 is 0.842 bits per heavy atom. The third kappa shape index (κ3) is 13.9. The van der Waals surface area contributed by atoms with Crippen LogP contribution in [0.25, 0.3) is 0 Å². The van der Waals surface area contributed by atoms with Crippen molar-refractivity contribution < 1.29 is 64.0 Å². The van der Waals surface area contributed by atoms with Gasteiger partial charge < -0.3 is 38.2 Å². The molecule has 13 nitrogen and oxygen atoms in total. The maximum Gasteiger partial charge on any atom is 1.00 e. The summed E-state index contributed by atoms with van der Waals surface area (Å²) in [7, 11) is -10.1. The Hall–Kier alpha value is -0.330. The number of nitrogens with two attached hydrogens (primary N) is 3. The zero-order valence-electron chi connectivity index (χ0n) is 10.5. The van der Waals surface area contributed by atoms with Crippen molar-refractivity contribution in [1.29, 1.82) is 0 Å². The molecule has 0 spiro atoms. The van der Waals surface area contributed by atoms with E-state index >= 15 is 0 Å². The molecule has 19 heavy (non-hydrogen) atoms. The molecule has 16 heteroatoms. The van der Waals surface area contributed by atoms with Gasteiger partial charge in [0.15, 0.2) is 0 Å². The molecule has 0 aliphatic heterocycles. The summed E-state index contributed by atoms with van der Waals surface area (Å²) < 4.78 is 22.2. The van der Waals surface area contributed by atoms with Gasteiger partial charge in [-0.1, -0.05) is 0 Å². The number of hydrogen-bond acceptors (Lipinski definition) is 9. The van der Waals surface area contributed by atoms with Gasteiger partial charge in [-0.15, -0.1) is 0 Å². The van der Waals surface area contributed by atoms with E-state index in [0.717, 1.165) is 0 Å². The number of anilines is 3. The molecule has 106 valence electrons. The first-order valence-corrected chi connectivity index (χ1v) is 6.80. The normalized spacial score (nSPS) is 10.9. The molecule has 1 aromatic rings. The van der Waals surface area contributed by atoms with Crippen molar-refractivity contribution in [2.75, 3.05) is 17.2 Å². The average molecular weight is 328 g/mol. The summed E-state index contributed by atoms with van der Waals surface area (Å²) in [6.07, 6.45) is 0. The van der Waals surface area contributed by atoms with Crippen LogP contribution in [0.5, 0.6) is 0 Å². The first kappa shape index (κ1) is 21.0. The van der Waals surface area contributed by atoms with Gasteiger partial charge in [0.2, 0.25) is 17.8 Å². The van der Waals surface area contributed by atoms with Crippen LogP contribution in [0.3, 0.4) is 0 Å². The van der Waals surface area contributed by atoms with E-state index in [0.29, 0.717) is 0 Å². The van der Waals surface area contributed by atoms with E-state index in [1.165, 1.54) is 0 Å². The number of rotatable bonds is 2. The minimum absolute atomic E-state index is 0. The second-order valence-electron chi connectivity index (χ2n) is 2.47. The van der Waals surface area contributed by atoms with Gasteiger partial charge in [0.05, 0.1) is 0 Å². The summed E-state index contributed by atoms with van der Waals surface area (Å²) >= 11 is 0. The van der Waals surface area contributed by atoms with Crippen molar-refractivity contribution in [2.24, 2.45) is 0 Å². The van der Waals surface area contributed by atoms with E-state index in [4.69, 9.17) is 36.8 Å². The van der Waals surface area contributed by atoms with Crippen LogP contribution >= 0.6 is 15.6 Å². The van der Waals surface area contributed by atoms with E-state index in [2.05, 4.69) is 19.3 Å². The molecule has 1 heterocycles. The Labute approximate surface area is 129 Å². The Morgan fingerprint density at radius 2 is 1.05 bits per heavy atom. The van der Waals surface area contributed by atoms with Gasteiger partial charge in [-0.25, -0.2) is 9.13 Å². The van der Waals surface area contributed by atoms with Gasteiger partial charge in [-0.2, -0.15) is 19.3 Å². The molecule has 0 atom stereocenters. The minimum Gasteiger partial charge on any atom is -1.00 e. The molecule has 0 aliphatic carbocycles. The predicted molar refractivity (Wildman–Crippen MR) is 59.3 cm³/mol. The van der Waals surface area contributed by atoms with Crippen LogP contribution in [0.2, 0.25) is 0 Å². The fourth-order valence-corrected chi connectivity index (χ4v) is 1.67. The quantitative estimate of drug-likeness (QED) is 0.199. The minimum atomic E-state index is -5.05. The summed E-state index contributed by atoms with van der Waals surface area (Å²) in [5, 5.41) is 0. The average Bonchev–Trinajstić information content (AvgIpc) is 1.92. The van der Waals surface area contributed by atoms with Crippen molar-refractivity contribution >= 4 is 33.5 Å². The van der Waals surface area contributed by atoms with Crippen LogP contribution in [-0.4, -0.2) is 34.5 Å². The Morgan fingerprint density at radius 3 is 1.16 bits per heavy atom. The third-order valence-electron chi connectivity index (χ3n) is 0.900. The first-order chi connectivity index (χ1) is 7.89. The second kappa shape index (κ2) is 8.07. The van der Waals surface area contributed by atoms with Gasteiger partial charge in [-0.05, 0) is 0 Å². The largest absolute Gasteiger partial charge is 1.00 e. The number of nitrogen functional groups attached to an aromatic ring is 3. The summed E-state index contributed by atoms with van der Waals surface area (Å²) in [5.74, 6) is 0.125. The molecular weight excluding hydrogens is 317 g/mol. The fourth-order valence-electron chi connectivity index (χ4n) is 0.566. The van der Waals surface area contributed by atoms with E-state index in [1.807, 2.05) is 0 Å². The van der Waals surface area contributed by atoms with Crippen molar-refractivity contribution in [3.05, 3.63) is 0 Å². The molecule has 0 aromatic carbocycles. The van der Waals surface area contributed by atoms with E-state index in [-0.39, 0.29) is 48.8 Å². The van der Waals surface area contributed by atoms with E-state index < -0.39 is 15.6 Å². The molecular formula is C3H11N6NaO7P2. The van der Waals surface area contributed by atoms with Gasteiger partial charge in [-0.3, -0.25) is 0 Å². The van der Waals surface area contributed by atoms with Crippen LogP contribution in [0.15, 0.2) is 0 Å². The number of aromatic nitrogens is 3. The van der Waals surface area contributed by atoms with E-state index in [1.54, 1.807) is 0 Å². The molecule has 0 radical (unpaired) electrons. The predicted octanol–water partition coefficient (Wildman–Crippen LogP) is -5.08.